The third kappa shape index (κ3) is 3.11. The van der Waals surface area contributed by atoms with E-state index in [0.717, 1.165) is 25.9 Å². The number of piperidine rings is 1. The fourth-order valence-electron chi connectivity index (χ4n) is 4.51. The summed E-state index contributed by atoms with van der Waals surface area (Å²) in [5.41, 5.74) is 6.28. The number of rotatable bonds is 4. The Bertz CT molecular complexity index is 378. The van der Waals surface area contributed by atoms with Gasteiger partial charge in [-0.3, -0.25) is 4.79 Å². The van der Waals surface area contributed by atoms with Crippen molar-refractivity contribution >= 4 is 5.97 Å². The Kier molecular flexibility index (Phi) is 4.28. The van der Waals surface area contributed by atoms with Crippen LogP contribution in [-0.2, 0) is 9.53 Å². The zero-order valence-corrected chi connectivity index (χ0v) is 13.4. The molecule has 0 aromatic rings. The van der Waals surface area contributed by atoms with E-state index in [0.29, 0.717) is 17.9 Å². The molecule has 2 aliphatic carbocycles. The number of methoxy groups -OCH3 is 1. The van der Waals surface area contributed by atoms with Gasteiger partial charge in [-0.25, -0.2) is 0 Å². The molecule has 1 unspecified atom stereocenters. The number of carbonyl (C=O) groups excluding carboxylic acids is 1. The molecule has 1 atom stereocenters. The maximum Gasteiger partial charge on any atom is 0.327 e. The maximum atomic E-state index is 12.1. The second-order valence-electron chi connectivity index (χ2n) is 7.64. The van der Waals surface area contributed by atoms with Crippen LogP contribution in [0.4, 0.5) is 0 Å². The van der Waals surface area contributed by atoms with Crippen molar-refractivity contribution in [3.05, 3.63) is 0 Å². The first-order valence-corrected chi connectivity index (χ1v) is 8.68. The van der Waals surface area contributed by atoms with Crippen LogP contribution >= 0.6 is 0 Å². The molecule has 0 bridgehead atoms. The molecule has 3 fully saturated rings. The highest BCUT2D eigenvalue weighted by molar-refractivity contribution is 5.81. The summed E-state index contributed by atoms with van der Waals surface area (Å²) >= 11 is 0. The normalized spacial score (nSPS) is 29.0. The third-order valence-corrected chi connectivity index (χ3v) is 6.19. The van der Waals surface area contributed by atoms with E-state index < -0.39 is 5.54 Å². The van der Waals surface area contributed by atoms with Crippen molar-refractivity contribution in [3.8, 4) is 0 Å². The van der Waals surface area contributed by atoms with Gasteiger partial charge in [0.2, 0.25) is 0 Å². The Morgan fingerprint density at radius 1 is 1.19 bits per heavy atom. The molecule has 2 N–H and O–H groups in total. The van der Waals surface area contributed by atoms with Crippen LogP contribution in [0.5, 0.6) is 0 Å². The number of nitrogens with zero attached hydrogens (tertiary/aromatic N) is 1. The van der Waals surface area contributed by atoms with E-state index in [-0.39, 0.29) is 5.97 Å². The van der Waals surface area contributed by atoms with Gasteiger partial charge in [0.1, 0.15) is 5.54 Å². The molecule has 4 nitrogen and oxygen atoms in total. The Hall–Kier alpha value is -0.610. The van der Waals surface area contributed by atoms with Gasteiger partial charge in [-0.15, -0.1) is 0 Å². The van der Waals surface area contributed by atoms with Crippen LogP contribution in [0, 0.1) is 11.3 Å². The summed E-state index contributed by atoms with van der Waals surface area (Å²) in [6.45, 7) is 2.88. The highest BCUT2D eigenvalue weighted by Gasteiger charge is 2.50. The predicted molar refractivity (Wildman–Crippen MR) is 82.9 cm³/mol. The Labute approximate surface area is 128 Å². The van der Waals surface area contributed by atoms with Gasteiger partial charge in [0, 0.05) is 6.54 Å². The average Bonchev–Trinajstić information content (AvgIpc) is 3.35. The molecule has 2 saturated carbocycles. The molecule has 21 heavy (non-hydrogen) atoms. The molecule has 120 valence electrons. The van der Waals surface area contributed by atoms with Gasteiger partial charge in [0.15, 0.2) is 0 Å². The van der Waals surface area contributed by atoms with Crippen molar-refractivity contribution in [2.45, 2.75) is 63.3 Å². The molecule has 4 heteroatoms. The lowest BCUT2D eigenvalue weighted by molar-refractivity contribution is -0.149. The molecule has 3 rings (SSSR count). The number of carbonyl (C=O) groups is 1. The summed E-state index contributed by atoms with van der Waals surface area (Å²) in [7, 11) is 1.46. The molecule has 0 amide bonds. The zero-order valence-electron chi connectivity index (χ0n) is 13.4. The number of likely N-dealkylation sites (tertiary alicyclic amines) is 1. The first-order valence-electron chi connectivity index (χ1n) is 8.68. The minimum Gasteiger partial charge on any atom is -0.468 e. The summed E-state index contributed by atoms with van der Waals surface area (Å²) in [6.07, 6.45) is 11.8. The zero-order chi connectivity index (χ0) is 14.9. The van der Waals surface area contributed by atoms with Crippen molar-refractivity contribution in [2.75, 3.05) is 26.7 Å². The van der Waals surface area contributed by atoms with E-state index in [4.69, 9.17) is 10.5 Å². The lowest BCUT2D eigenvalue weighted by Crippen LogP contribution is -2.59. The smallest absolute Gasteiger partial charge is 0.327 e. The largest absolute Gasteiger partial charge is 0.468 e. The summed E-state index contributed by atoms with van der Waals surface area (Å²) in [5, 5.41) is 0. The van der Waals surface area contributed by atoms with Crippen molar-refractivity contribution < 1.29 is 9.53 Å². The van der Waals surface area contributed by atoms with Gasteiger partial charge >= 0.3 is 5.97 Å². The summed E-state index contributed by atoms with van der Waals surface area (Å²) in [4.78, 5) is 14.5. The Morgan fingerprint density at radius 2 is 1.81 bits per heavy atom. The SMILES string of the molecule is COC(=O)C(N)(CN1CCC2(CCCCC2)CC1)C1CC1. The second-order valence-corrected chi connectivity index (χ2v) is 7.64. The number of ether oxygens (including phenoxy) is 1. The van der Waals surface area contributed by atoms with Crippen molar-refractivity contribution in [3.63, 3.8) is 0 Å². The van der Waals surface area contributed by atoms with E-state index in [1.807, 2.05) is 0 Å². The molecule has 1 saturated heterocycles. The van der Waals surface area contributed by atoms with Crippen LogP contribution in [0.15, 0.2) is 0 Å². The van der Waals surface area contributed by atoms with Crippen LogP contribution in [0.1, 0.15) is 57.8 Å². The van der Waals surface area contributed by atoms with Gasteiger partial charge in [-0.2, -0.15) is 0 Å². The molecular formula is C17H30N2O2. The lowest BCUT2D eigenvalue weighted by atomic mass is 9.68. The highest BCUT2D eigenvalue weighted by Crippen LogP contribution is 2.45. The van der Waals surface area contributed by atoms with Crippen molar-refractivity contribution in [2.24, 2.45) is 17.1 Å². The van der Waals surface area contributed by atoms with Crippen molar-refractivity contribution in [1.82, 2.24) is 4.90 Å². The van der Waals surface area contributed by atoms with Crippen LogP contribution < -0.4 is 5.73 Å². The van der Waals surface area contributed by atoms with Gasteiger partial charge in [0.25, 0.3) is 0 Å². The van der Waals surface area contributed by atoms with E-state index >= 15 is 0 Å². The molecule has 0 aromatic carbocycles. The van der Waals surface area contributed by atoms with E-state index in [1.165, 1.54) is 52.1 Å². The van der Waals surface area contributed by atoms with Crippen LogP contribution in [-0.4, -0.2) is 43.2 Å². The summed E-state index contributed by atoms with van der Waals surface area (Å²) in [6, 6.07) is 0. The molecule has 1 spiro atoms. The molecule has 0 radical (unpaired) electrons. The highest BCUT2D eigenvalue weighted by atomic mass is 16.5. The predicted octanol–water partition coefficient (Wildman–Crippen LogP) is 2.31. The number of nitrogens with two attached hydrogens (primary N) is 1. The lowest BCUT2D eigenvalue weighted by Gasteiger charge is -2.46. The Morgan fingerprint density at radius 3 is 2.33 bits per heavy atom. The molecule has 3 aliphatic rings. The summed E-state index contributed by atoms with van der Waals surface area (Å²) in [5.74, 6) is 0.110. The van der Waals surface area contributed by atoms with Crippen LogP contribution in [0.2, 0.25) is 0 Å². The number of hydrogen-bond donors (Lipinski definition) is 1. The minimum atomic E-state index is -0.772. The van der Waals surface area contributed by atoms with Gasteiger partial charge in [-0.1, -0.05) is 19.3 Å². The van der Waals surface area contributed by atoms with Crippen molar-refractivity contribution in [1.29, 1.82) is 0 Å². The summed E-state index contributed by atoms with van der Waals surface area (Å²) < 4.78 is 4.98. The van der Waals surface area contributed by atoms with E-state index in [1.54, 1.807) is 0 Å². The molecule has 0 aromatic heterocycles. The van der Waals surface area contributed by atoms with Crippen LogP contribution in [0.25, 0.3) is 0 Å². The van der Waals surface area contributed by atoms with Gasteiger partial charge < -0.3 is 15.4 Å². The van der Waals surface area contributed by atoms with E-state index in [2.05, 4.69) is 4.90 Å². The first kappa shape index (κ1) is 15.3. The molecule has 1 aliphatic heterocycles. The molecular weight excluding hydrogens is 264 g/mol. The van der Waals surface area contributed by atoms with E-state index in [9.17, 15) is 4.79 Å². The Balaban J connectivity index is 1.57. The average molecular weight is 294 g/mol. The van der Waals surface area contributed by atoms with Gasteiger partial charge in [0.05, 0.1) is 7.11 Å². The number of hydrogen-bond acceptors (Lipinski definition) is 4. The third-order valence-electron chi connectivity index (χ3n) is 6.19. The van der Waals surface area contributed by atoms with Crippen LogP contribution in [0.3, 0.4) is 0 Å². The quantitative estimate of drug-likeness (QED) is 0.808. The first-order chi connectivity index (χ1) is 10.1. The fraction of sp³-hybridized carbons (Fsp3) is 0.941. The maximum absolute atomic E-state index is 12.1. The molecule has 1 heterocycles. The fourth-order valence-corrected chi connectivity index (χ4v) is 4.51. The van der Waals surface area contributed by atoms with Gasteiger partial charge in [-0.05, 0) is 62.9 Å². The second kappa shape index (κ2) is 5.88. The standard InChI is InChI=1S/C17H30N2O2/c1-21-15(20)17(18,14-5-6-14)13-19-11-9-16(10-12-19)7-3-2-4-8-16/h14H,2-13,18H2,1H3. The monoisotopic (exact) mass is 294 g/mol. The topological polar surface area (TPSA) is 55.6 Å². The number of esters is 1. The minimum absolute atomic E-state index is 0.219.